The summed E-state index contributed by atoms with van der Waals surface area (Å²) in [5.74, 6) is 0.682. The molecule has 0 radical (unpaired) electrons. The van der Waals surface area contributed by atoms with E-state index < -0.39 is 0 Å². The summed E-state index contributed by atoms with van der Waals surface area (Å²) in [5, 5.41) is 0.846. The number of hydrogen-bond acceptors (Lipinski definition) is 1. The van der Waals surface area contributed by atoms with Gasteiger partial charge in [0.05, 0.1) is 0 Å². The summed E-state index contributed by atoms with van der Waals surface area (Å²) in [6.45, 7) is 1.63. The molecule has 1 nitrogen and oxygen atoms in total. The lowest BCUT2D eigenvalue weighted by Gasteiger charge is -2.35. The number of benzene rings is 1. The normalized spacial score (nSPS) is 19.6. The Balaban J connectivity index is 2.15. The average Bonchev–Trinajstić information content (AvgIpc) is 2.33. The van der Waals surface area contributed by atoms with E-state index in [1.165, 1.54) is 5.56 Å². The van der Waals surface area contributed by atoms with Crippen LogP contribution < -0.4 is 0 Å². The fourth-order valence-corrected chi connectivity index (χ4v) is 2.77. The van der Waals surface area contributed by atoms with E-state index in [0.29, 0.717) is 5.88 Å². The number of alkyl halides is 1. The van der Waals surface area contributed by atoms with Gasteiger partial charge in [0.15, 0.2) is 0 Å². The lowest BCUT2D eigenvalue weighted by atomic mass is 9.77. The van der Waals surface area contributed by atoms with Crippen LogP contribution in [0.2, 0.25) is 5.02 Å². The van der Waals surface area contributed by atoms with E-state index in [4.69, 9.17) is 27.9 Å². The molecule has 0 amide bonds. The number of rotatable bonds is 3. The number of halogens is 2. The molecule has 1 aromatic carbocycles. The van der Waals surface area contributed by atoms with Gasteiger partial charge < -0.3 is 4.74 Å². The second-order valence-electron chi connectivity index (χ2n) is 4.51. The molecule has 0 spiro atoms. The maximum Gasteiger partial charge on any atom is 0.0471 e. The Morgan fingerprint density at radius 3 is 2.50 bits per heavy atom. The van der Waals surface area contributed by atoms with Crippen molar-refractivity contribution in [3.05, 3.63) is 34.9 Å². The van der Waals surface area contributed by atoms with E-state index in [1.54, 1.807) is 0 Å². The third kappa shape index (κ3) is 2.71. The summed E-state index contributed by atoms with van der Waals surface area (Å²) in [7, 11) is 0. The molecule has 0 atom stereocenters. The molecule has 1 heterocycles. The van der Waals surface area contributed by atoms with Crippen LogP contribution in [0.5, 0.6) is 0 Å². The molecule has 88 valence electrons. The Labute approximate surface area is 107 Å². The molecule has 0 saturated carbocycles. The Morgan fingerprint density at radius 1 is 1.19 bits per heavy atom. The first-order chi connectivity index (χ1) is 7.76. The van der Waals surface area contributed by atoms with Gasteiger partial charge in [-0.2, -0.15) is 0 Å². The molecule has 0 unspecified atom stereocenters. The van der Waals surface area contributed by atoms with Gasteiger partial charge in [0.2, 0.25) is 0 Å². The van der Waals surface area contributed by atoms with E-state index in [-0.39, 0.29) is 5.41 Å². The number of ether oxygens (including phenoxy) is 1. The molecule has 3 heteroatoms. The predicted octanol–water partition coefficient (Wildman–Crippen LogP) is 3.92. The maximum atomic E-state index is 6.19. The monoisotopic (exact) mass is 258 g/mol. The zero-order chi connectivity index (χ0) is 11.4. The van der Waals surface area contributed by atoms with Crippen LogP contribution in [0.15, 0.2) is 24.3 Å². The summed E-state index contributed by atoms with van der Waals surface area (Å²) >= 11 is 12.3. The van der Waals surface area contributed by atoms with Gasteiger partial charge in [-0.3, -0.25) is 0 Å². The first-order valence-electron chi connectivity index (χ1n) is 5.63. The summed E-state index contributed by atoms with van der Waals surface area (Å²) in [4.78, 5) is 0. The minimum absolute atomic E-state index is 0.171. The van der Waals surface area contributed by atoms with Gasteiger partial charge in [-0.25, -0.2) is 0 Å². The highest BCUT2D eigenvalue weighted by Crippen LogP contribution is 2.37. The third-order valence-electron chi connectivity index (χ3n) is 3.36. The molecule has 1 aromatic rings. The Hall–Kier alpha value is -0.240. The second kappa shape index (κ2) is 5.39. The van der Waals surface area contributed by atoms with Gasteiger partial charge >= 0.3 is 0 Å². The summed E-state index contributed by atoms with van der Waals surface area (Å²) in [5.41, 5.74) is 1.37. The molecule has 1 aliphatic heterocycles. The SMILES string of the molecule is ClCC1(Cc2ccccc2Cl)CCOCC1. The molecule has 0 aliphatic carbocycles. The Morgan fingerprint density at radius 2 is 1.88 bits per heavy atom. The van der Waals surface area contributed by atoms with Crippen molar-refractivity contribution in [2.24, 2.45) is 5.41 Å². The van der Waals surface area contributed by atoms with Gasteiger partial charge in [0.25, 0.3) is 0 Å². The van der Waals surface area contributed by atoms with Crippen LogP contribution >= 0.6 is 23.2 Å². The Kier molecular flexibility index (Phi) is 4.12. The van der Waals surface area contributed by atoms with Gasteiger partial charge in [-0.1, -0.05) is 29.8 Å². The molecule has 1 aliphatic rings. The molecule has 2 rings (SSSR count). The first-order valence-corrected chi connectivity index (χ1v) is 6.54. The highest BCUT2D eigenvalue weighted by Gasteiger charge is 2.32. The van der Waals surface area contributed by atoms with Crippen LogP contribution in [0.1, 0.15) is 18.4 Å². The highest BCUT2D eigenvalue weighted by molar-refractivity contribution is 6.31. The van der Waals surface area contributed by atoms with Gasteiger partial charge in [0, 0.05) is 24.1 Å². The van der Waals surface area contributed by atoms with Crippen LogP contribution in [0, 0.1) is 5.41 Å². The van der Waals surface area contributed by atoms with Crippen molar-refractivity contribution in [2.75, 3.05) is 19.1 Å². The molecular weight excluding hydrogens is 243 g/mol. The van der Waals surface area contributed by atoms with Crippen LogP contribution in [-0.4, -0.2) is 19.1 Å². The van der Waals surface area contributed by atoms with Crippen molar-refractivity contribution in [3.8, 4) is 0 Å². The minimum Gasteiger partial charge on any atom is -0.381 e. The molecular formula is C13H16Cl2O. The van der Waals surface area contributed by atoms with Gasteiger partial charge in [0.1, 0.15) is 0 Å². The smallest absolute Gasteiger partial charge is 0.0471 e. The number of hydrogen-bond donors (Lipinski definition) is 0. The van der Waals surface area contributed by atoms with E-state index in [9.17, 15) is 0 Å². The van der Waals surface area contributed by atoms with Crippen molar-refractivity contribution in [1.82, 2.24) is 0 Å². The summed E-state index contributed by atoms with van der Waals surface area (Å²) < 4.78 is 5.40. The lowest BCUT2D eigenvalue weighted by Crippen LogP contribution is -2.33. The van der Waals surface area contributed by atoms with Crippen molar-refractivity contribution in [2.45, 2.75) is 19.3 Å². The molecule has 0 N–H and O–H groups in total. The van der Waals surface area contributed by atoms with Crippen LogP contribution in [0.4, 0.5) is 0 Å². The fraction of sp³-hybridized carbons (Fsp3) is 0.538. The van der Waals surface area contributed by atoms with E-state index in [1.807, 2.05) is 18.2 Å². The van der Waals surface area contributed by atoms with Crippen LogP contribution in [-0.2, 0) is 11.2 Å². The molecule has 16 heavy (non-hydrogen) atoms. The third-order valence-corrected chi connectivity index (χ3v) is 4.30. The molecule has 1 saturated heterocycles. The average molecular weight is 259 g/mol. The topological polar surface area (TPSA) is 9.23 Å². The molecule has 0 aromatic heterocycles. The van der Waals surface area contributed by atoms with Crippen molar-refractivity contribution in [1.29, 1.82) is 0 Å². The largest absolute Gasteiger partial charge is 0.381 e. The van der Waals surface area contributed by atoms with E-state index in [0.717, 1.165) is 37.5 Å². The zero-order valence-corrected chi connectivity index (χ0v) is 10.7. The second-order valence-corrected chi connectivity index (χ2v) is 5.19. The minimum atomic E-state index is 0.171. The van der Waals surface area contributed by atoms with Crippen molar-refractivity contribution in [3.63, 3.8) is 0 Å². The highest BCUT2D eigenvalue weighted by atomic mass is 35.5. The van der Waals surface area contributed by atoms with E-state index in [2.05, 4.69) is 6.07 Å². The van der Waals surface area contributed by atoms with Crippen molar-refractivity contribution >= 4 is 23.2 Å². The molecule has 0 bridgehead atoms. The predicted molar refractivity (Wildman–Crippen MR) is 68.4 cm³/mol. The quantitative estimate of drug-likeness (QED) is 0.747. The fourth-order valence-electron chi connectivity index (χ4n) is 2.21. The van der Waals surface area contributed by atoms with Crippen LogP contribution in [0.3, 0.4) is 0 Å². The van der Waals surface area contributed by atoms with Gasteiger partial charge in [-0.15, -0.1) is 11.6 Å². The summed E-state index contributed by atoms with van der Waals surface area (Å²) in [6.07, 6.45) is 3.02. The van der Waals surface area contributed by atoms with Crippen molar-refractivity contribution < 1.29 is 4.74 Å². The Bertz CT molecular complexity index is 346. The lowest BCUT2D eigenvalue weighted by molar-refractivity contribution is 0.0258. The van der Waals surface area contributed by atoms with Crippen LogP contribution in [0.25, 0.3) is 0 Å². The maximum absolute atomic E-state index is 6.19. The first kappa shape index (κ1) is 12.2. The molecule has 1 fully saturated rings. The summed E-state index contributed by atoms with van der Waals surface area (Å²) in [6, 6.07) is 8.02. The standard InChI is InChI=1S/C13H16Cl2O/c14-10-13(5-7-16-8-6-13)9-11-3-1-2-4-12(11)15/h1-4H,5-10H2. The van der Waals surface area contributed by atoms with Gasteiger partial charge in [-0.05, 0) is 36.3 Å². The van der Waals surface area contributed by atoms with E-state index >= 15 is 0 Å². The zero-order valence-electron chi connectivity index (χ0n) is 9.22.